The quantitative estimate of drug-likeness (QED) is 0.826. The van der Waals surface area contributed by atoms with Gasteiger partial charge in [-0.1, -0.05) is 0 Å². The second kappa shape index (κ2) is 6.60. The Balaban J connectivity index is 0.00000144. The topological polar surface area (TPSA) is 32.3 Å². The fraction of sp³-hybridized carbons (Fsp3) is 0.923. The molecule has 0 bridgehead atoms. The van der Waals surface area contributed by atoms with Crippen molar-refractivity contribution >= 4 is 18.3 Å². The summed E-state index contributed by atoms with van der Waals surface area (Å²) in [5.41, 5.74) is 0. The SMILES string of the molecule is CC1CCCC(C)N1C(=O)CC1CCNC1.Cl. The molecule has 17 heavy (non-hydrogen) atoms. The van der Waals surface area contributed by atoms with Crippen LogP contribution in [0.15, 0.2) is 0 Å². The fourth-order valence-corrected chi connectivity index (χ4v) is 3.15. The lowest BCUT2D eigenvalue weighted by molar-refractivity contribution is -0.138. The van der Waals surface area contributed by atoms with Crippen molar-refractivity contribution in [1.29, 1.82) is 0 Å². The molecule has 0 saturated carbocycles. The Kier molecular flexibility index (Phi) is 5.74. The third-order valence-electron chi connectivity index (χ3n) is 4.11. The summed E-state index contributed by atoms with van der Waals surface area (Å²) in [5.74, 6) is 0.960. The molecule has 0 aromatic rings. The van der Waals surface area contributed by atoms with Gasteiger partial charge >= 0.3 is 0 Å². The van der Waals surface area contributed by atoms with Crippen LogP contribution in [0.1, 0.15) is 46.0 Å². The van der Waals surface area contributed by atoms with Crippen molar-refractivity contribution in [3.8, 4) is 0 Å². The van der Waals surface area contributed by atoms with Crippen LogP contribution < -0.4 is 5.32 Å². The minimum atomic E-state index is 0. The van der Waals surface area contributed by atoms with Gasteiger partial charge in [0, 0.05) is 18.5 Å². The van der Waals surface area contributed by atoms with Gasteiger partial charge in [-0.15, -0.1) is 12.4 Å². The van der Waals surface area contributed by atoms with E-state index in [-0.39, 0.29) is 12.4 Å². The maximum atomic E-state index is 12.3. The Morgan fingerprint density at radius 3 is 2.41 bits per heavy atom. The van der Waals surface area contributed by atoms with Crippen LogP contribution in [0.25, 0.3) is 0 Å². The van der Waals surface area contributed by atoms with Gasteiger partial charge in [-0.25, -0.2) is 0 Å². The summed E-state index contributed by atoms with van der Waals surface area (Å²) in [6.07, 6.45) is 5.55. The van der Waals surface area contributed by atoms with Crippen LogP contribution in [-0.2, 0) is 4.79 Å². The molecule has 2 heterocycles. The minimum absolute atomic E-state index is 0. The molecule has 3 nitrogen and oxygen atoms in total. The van der Waals surface area contributed by atoms with Gasteiger partial charge in [-0.05, 0) is 58.5 Å². The number of amides is 1. The van der Waals surface area contributed by atoms with E-state index < -0.39 is 0 Å². The average Bonchev–Trinajstić information content (AvgIpc) is 2.70. The van der Waals surface area contributed by atoms with Crippen LogP contribution in [0.3, 0.4) is 0 Å². The summed E-state index contributed by atoms with van der Waals surface area (Å²) in [5, 5.41) is 3.33. The number of hydrogen-bond donors (Lipinski definition) is 1. The molecule has 1 N–H and O–H groups in total. The standard InChI is InChI=1S/C13H24N2O.ClH/c1-10-4-3-5-11(2)15(10)13(16)8-12-6-7-14-9-12;/h10-12,14H,3-9H2,1-2H3;1H. The number of hydrogen-bond acceptors (Lipinski definition) is 2. The summed E-state index contributed by atoms with van der Waals surface area (Å²) < 4.78 is 0. The molecular weight excluding hydrogens is 236 g/mol. The fourth-order valence-electron chi connectivity index (χ4n) is 3.15. The van der Waals surface area contributed by atoms with E-state index in [9.17, 15) is 4.79 Å². The number of carbonyl (C=O) groups is 1. The van der Waals surface area contributed by atoms with Crippen molar-refractivity contribution in [1.82, 2.24) is 10.2 Å². The summed E-state index contributed by atoms with van der Waals surface area (Å²) in [6, 6.07) is 0.899. The summed E-state index contributed by atoms with van der Waals surface area (Å²) >= 11 is 0. The Labute approximate surface area is 111 Å². The molecule has 0 aromatic heterocycles. The normalized spacial score (nSPS) is 33.3. The van der Waals surface area contributed by atoms with Gasteiger partial charge in [0.2, 0.25) is 5.91 Å². The van der Waals surface area contributed by atoms with Gasteiger partial charge in [-0.3, -0.25) is 4.79 Å². The van der Waals surface area contributed by atoms with E-state index in [2.05, 4.69) is 24.1 Å². The van der Waals surface area contributed by atoms with Crippen LogP contribution in [0.5, 0.6) is 0 Å². The third kappa shape index (κ3) is 3.59. The first-order valence-corrected chi connectivity index (χ1v) is 6.70. The maximum Gasteiger partial charge on any atom is 0.223 e. The molecule has 2 aliphatic rings. The molecule has 0 aromatic carbocycles. The van der Waals surface area contributed by atoms with Gasteiger partial charge in [0.25, 0.3) is 0 Å². The molecule has 2 fully saturated rings. The number of nitrogens with one attached hydrogen (secondary N) is 1. The van der Waals surface area contributed by atoms with E-state index in [0.717, 1.165) is 19.5 Å². The van der Waals surface area contributed by atoms with Crippen molar-refractivity contribution in [2.24, 2.45) is 5.92 Å². The second-order valence-electron chi connectivity index (χ2n) is 5.49. The molecule has 4 heteroatoms. The van der Waals surface area contributed by atoms with Crippen LogP contribution >= 0.6 is 12.4 Å². The smallest absolute Gasteiger partial charge is 0.223 e. The number of likely N-dealkylation sites (tertiary alicyclic amines) is 1. The number of rotatable bonds is 2. The van der Waals surface area contributed by atoms with Gasteiger partial charge < -0.3 is 10.2 Å². The number of nitrogens with zero attached hydrogens (tertiary/aromatic N) is 1. The van der Waals surface area contributed by atoms with Crippen molar-refractivity contribution in [2.75, 3.05) is 13.1 Å². The van der Waals surface area contributed by atoms with E-state index in [4.69, 9.17) is 0 Å². The first-order valence-electron chi connectivity index (χ1n) is 6.70. The summed E-state index contributed by atoms with van der Waals surface area (Å²) in [6.45, 7) is 6.51. The van der Waals surface area contributed by atoms with Crippen molar-refractivity contribution in [2.45, 2.75) is 58.0 Å². The molecule has 0 spiro atoms. The average molecular weight is 261 g/mol. The van der Waals surface area contributed by atoms with Crippen molar-refractivity contribution in [3.05, 3.63) is 0 Å². The Morgan fingerprint density at radius 1 is 1.24 bits per heavy atom. The lowest BCUT2D eigenvalue weighted by atomic mass is 9.95. The van der Waals surface area contributed by atoms with E-state index in [0.29, 0.717) is 23.9 Å². The van der Waals surface area contributed by atoms with E-state index in [1.165, 1.54) is 25.7 Å². The highest BCUT2D eigenvalue weighted by molar-refractivity contribution is 5.85. The summed E-state index contributed by atoms with van der Waals surface area (Å²) in [7, 11) is 0. The van der Waals surface area contributed by atoms with Crippen molar-refractivity contribution < 1.29 is 4.79 Å². The minimum Gasteiger partial charge on any atom is -0.337 e. The zero-order chi connectivity index (χ0) is 11.5. The Hall–Kier alpha value is -0.280. The van der Waals surface area contributed by atoms with E-state index >= 15 is 0 Å². The largest absolute Gasteiger partial charge is 0.337 e. The molecule has 1 amide bonds. The molecule has 3 atom stereocenters. The first-order chi connectivity index (χ1) is 7.68. The lowest BCUT2D eigenvalue weighted by Gasteiger charge is -2.39. The maximum absolute atomic E-state index is 12.3. The summed E-state index contributed by atoms with van der Waals surface area (Å²) in [4.78, 5) is 14.4. The highest BCUT2D eigenvalue weighted by atomic mass is 35.5. The first kappa shape index (κ1) is 14.8. The van der Waals surface area contributed by atoms with Crippen molar-refractivity contribution in [3.63, 3.8) is 0 Å². The second-order valence-corrected chi connectivity index (χ2v) is 5.49. The lowest BCUT2D eigenvalue weighted by Crippen LogP contribution is -2.48. The van der Waals surface area contributed by atoms with E-state index in [1.54, 1.807) is 0 Å². The number of halogens is 1. The highest BCUT2D eigenvalue weighted by Crippen LogP contribution is 2.25. The van der Waals surface area contributed by atoms with Gasteiger partial charge in [0.05, 0.1) is 0 Å². The molecule has 2 aliphatic heterocycles. The predicted molar refractivity (Wildman–Crippen MR) is 72.5 cm³/mol. The van der Waals surface area contributed by atoms with Crippen LogP contribution in [0, 0.1) is 5.92 Å². The van der Waals surface area contributed by atoms with E-state index in [1.807, 2.05) is 0 Å². The molecule has 2 rings (SSSR count). The molecule has 0 aliphatic carbocycles. The monoisotopic (exact) mass is 260 g/mol. The Morgan fingerprint density at radius 2 is 1.88 bits per heavy atom. The van der Waals surface area contributed by atoms with Gasteiger partial charge in [0.1, 0.15) is 0 Å². The van der Waals surface area contributed by atoms with Crippen LogP contribution in [0.2, 0.25) is 0 Å². The van der Waals surface area contributed by atoms with Gasteiger partial charge in [0.15, 0.2) is 0 Å². The molecule has 3 unspecified atom stereocenters. The Bertz CT molecular complexity index is 244. The third-order valence-corrected chi connectivity index (χ3v) is 4.11. The highest BCUT2D eigenvalue weighted by Gasteiger charge is 2.30. The molecular formula is C13H25ClN2O. The van der Waals surface area contributed by atoms with Crippen LogP contribution in [-0.4, -0.2) is 36.0 Å². The molecule has 0 radical (unpaired) electrons. The number of piperidine rings is 1. The zero-order valence-corrected chi connectivity index (χ0v) is 11.8. The van der Waals surface area contributed by atoms with Gasteiger partial charge in [-0.2, -0.15) is 0 Å². The van der Waals surface area contributed by atoms with Crippen LogP contribution in [0.4, 0.5) is 0 Å². The molecule has 2 saturated heterocycles. The zero-order valence-electron chi connectivity index (χ0n) is 10.9. The predicted octanol–water partition coefficient (Wildman–Crippen LogP) is 2.20. The number of carbonyl (C=O) groups excluding carboxylic acids is 1. The molecule has 100 valence electrons.